The molecule has 3 N–H and O–H groups in total. The molecule has 1 amide bonds. The summed E-state index contributed by atoms with van der Waals surface area (Å²) in [5.41, 5.74) is 1.61. The van der Waals surface area contributed by atoms with Crippen LogP contribution in [0.3, 0.4) is 0 Å². The maximum absolute atomic E-state index is 12.5. The second kappa shape index (κ2) is 12.6. The van der Waals surface area contributed by atoms with Crippen molar-refractivity contribution in [1.29, 1.82) is 0 Å². The van der Waals surface area contributed by atoms with Crippen LogP contribution in [-0.2, 0) is 13.0 Å². The topological polar surface area (TPSA) is 105 Å². The molecule has 0 bridgehead atoms. The van der Waals surface area contributed by atoms with Gasteiger partial charge < -0.3 is 25.0 Å². The summed E-state index contributed by atoms with van der Waals surface area (Å²) in [6.07, 6.45) is 5.56. The number of benzene rings is 2. The molecule has 0 fully saturated rings. The fraction of sp³-hybridized carbons (Fsp3) is 0.440. The lowest BCUT2D eigenvalue weighted by Crippen LogP contribution is -2.24. The van der Waals surface area contributed by atoms with Crippen molar-refractivity contribution in [3.05, 3.63) is 52.6 Å². The van der Waals surface area contributed by atoms with E-state index in [0.717, 1.165) is 32.1 Å². The van der Waals surface area contributed by atoms with Gasteiger partial charge in [0.2, 0.25) is 0 Å². The molecule has 0 atom stereocenters. The predicted molar refractivity (Wildman–Crippen MR) is 123 cm³/mol. The summed E-state index contributed by atoms with van der Waals surface area (Å²) in [5, 5.41) is 22.8. The number of carbonyl (C=O) groups is 2. The van der Waals surface area contributed by atoms with Crippen LogP contribution in [0.4, 0.5) is 0 Å². The Morgan fingerprint density at radius 1 is 1.00 bits per heavy atom. The number of hydrogen-bond acceptors (Lipinski definition) is 5. The Balaban J connectivity index is 2.16. The van der Waals surface area contributed by atoms with Gasteiger partial charge in [0.1, 0.15) is 23.9 Å². The largest absolute Gasteiger partial charge is 0.507 e. The van der Waals surface area contributed by atoms with Gasteiger partial charge in [-0.15, -0.1) is 0 Å². The Kier molecular flexibility index (Phi) is 9.85. The summed E-state index contributed by atoms with van der Waals surface area (Å²) in [7, 11) is 1.47. The van der Waals surface area contributed by atoms with Crippen LogP contribution in [0.1, 0.15) is 77.8 Å². The first-order chi connectivity index (χ1) is 15.4. The molecule has 0 aromatic heterocycles. The average Bonchev–Trinajstić information content (AvgIpc) is 2.79. The third kappa shape index (κ3) is 6.64. The van der Waals surface area contributed by atoms with Crippen molar-refractivity contribution >= 4 is 11.9 Å². The number of unbranched alkanes of at least 4 members (excludes halogenated alkanes) is 3. The molecular formula is C25H33NO6. The Morgan fingerprint density at radius 3 is 2.44 bits per heavy atom. The number of hydrogen-bond donors (Lipinski definition) is 3. The van der Waals surface area contributed by atoms with Gasteiger partial charge in [-0.1, -0.05) is 45.6 Å². The minimum absolute atomic E-state index is 0.0661. The quantitative estimate of drug-likeness (QED) is 0.379. The van der Waals surface area contributed by atoms with Crippen molar-refractivity contribution in [2.45, 2.75) is 59.0 Å². The second-order valence-electron chi connectivity index (χ2n) is 7.63. The first kappa shape index (κ1) is 25.0. The van der Waals surface area contributed by atoms with Crippen molar-refractivity contribution in [1.82, 2.24) is 5.32 Å². The van der Waals surface area contributed by atoms with Gasteiger partial charge in [0, 0.05) is 17.7 Å². The molecule has 174 valence electrons. The zero-order valence-electron chi connectivity index (χ0n) is 19.1. The molecule has 0 radical (unpaired) electrons. The van der Waals surface area contributed by atoms with Crippen molar-refractivity contribution in [2.24, 2.45) is 0 Å². The zero-order valence-corrected chi connectivity index (χ0v) is 19.1. The minimum atomic E-state index is -1.04. The molecule has 32 heavy (non-hydrogen) atoms. The maximum Gasteiger partial charge on any atom is 0.335 e. The lowest BCUT2D eigenvalue weighted by molar-refractivity contribution is 0.0696. The molecule has 0 aliphatic carbocycles. The average molecular weight is 444 g/mol. The van der Waals surface area contributed by atoms with Crippen LogP contribution in [0.25, 0.3) is 0 Å². The van der Waals surface area contributed by atoms with E-state index in [0.29, 0.717) is 35.6 Å². The molecule has 0 saturated heterocycles. The number of carboxylic acids is 1. The fourth-order valence-electron chi connectivity index (χ4n) is 3.43. The molecule has 0 aliphatic heterocycles. The maximum atomic E-state index is 12.5. The number of ether oxygens (including phenoxy) is 2. The highest BCUT2D eigenvalue weighted by atomic mass is 16.5. The zero-order chi connectivity index (χ0) is 23.5. The molecule has 7 heteroatoms. The van der Waals surface area contributed by atoms with E-state index in [1.54, 1.807) is 18.2 Å². The first-order valence-electron chi connectivity index (χ1n) is 11.1. The highest BCUT2D eigenvalue weighted by Gasteiger charge is 2.19. The van der Waals surface area contributed by atoms with Crippen LogP contribution in [-0.4, -0.2) is 35.7 Å². The highest BCUT2D eigenvalue weighted by Crippen LogP contribution is 2.34. The van der Waals surface area contributed by atoms with Gasteiger partial charge in [-0.2, -0.15) is 0 Å². The van der Waals surface area contributed by atoms with Gasteiger partial charge in [-0.25, -0.2) is 4.79 Å². The minimum Gasteiger partial charge on any atom is -0.507 e. The monoisotopic (exact) mass is 443 g/mol. The number of rotatable bonds is 13. The number of nitrogens with one attached hydrogen (secondary N) is 1. The lowest BCUT2D eigenvalue weighted by atomic mass is 10.0. The summed E-state index contributed by atoms with van der Waals surface area (Å²) >= 11 is 0. The van der Waals surface area contributed by atoms with Gasteiger partial charge in [0.05, 0.1) is 18.2 Å². The molecule has 2 aromatic carbocycles. The van der Waals surface area contributed by atoms with Crippen LogP contribution >= 0.6 is 0 Å². The number of phenols is 1. The van der Waals surface area contributed by atoms with Crippen LogP contribution in [0.5, 0.6) is 17.2 Å². The molecule has 2 aromatic rings. The Hall–Kier alpha value is -3.22. The van der Waals surface area contributed by atoms with E-state index in [4.69, 9.17) is 14.6 Å². The lowest BCUT2D eigenvalue weighted by Gasteiger charge is -2.16. The number of carboxylic acid groups (broad SMARTS) is 1. The number of carbonyl (C=O) groups excluding carboxylic acids is 1. The van der Waals surface area contributed by atoms with E-state index in [2.05, 4.69) is 12.2 Å². The first-order valence-corrected chi connectivity index (χ1v) is 11.1. The summed E-state index contributed by atoms with van der Waals surface area (Å²) in [5.74, 6) is -0.513. The predicted octanol–water partition coefficient (Wildman–Crippen LogP) is 4.94. The van der Waals surface area contributed by atoms with Gasteiger partial charge in [-0.3, -0.25) is 4.79 Å². The summed E-state index contributed by atoms with van der Waals surface area (Å²) in [6, 6.07) is 7.83. The van der Waals surface area contributed by atoms with Crippen LogP contribution in [0.2, 0.25) is 0 Å². The Morgan fingerprint density at radius 2 is 1.78 bits per heavy atom. The molecule has 0 heterocycles. The van der Waals surface area contributed by atoms with E-state index in [-0.39, 0.29) is 29.4 Å². The van der Waals surface area contributed by atoms with Crippen LogP contribution in [0, 0.1) is 0 Å². The summed E-state index contributed by atoms with van der Waals surface area (Å²) < 4.78 is 11.2. The molecule has 0 aliphatic rings. The van der Waals surface area contributed by atoms with Crippen molar-refractivity contribution in [2.75, 3.05) is 13.7 Å². The third-order valence-electron chi connectivity index (χ3n) is 5.22. The van der Waals surface area contributed by atoms with E-state index >= 15 is 0 Å². The normalized spacial score (nSPS) is 10.6. The number of aromatic carboxylic acids is 1. The van der Waals surface area contributed by atoms with Crippen molar-refractivity contribution < 1.29 is 29.3 Å². The summed E-state index contributed by atoms with van der Waals surface area (Å²) in [4.78, 5) is 23.7. The molecule has 0 unspecified atom stereocenters. The van der Waals surface area contributed by atoms with Crippen LogP contribution < -0.4 is 14.8 Å². The number of amides is 1. The molecular weight excluding hydrogens is 410 g/mol. The standard InChI is InChI=1S/C25H33NO6/c1-4-6-7-8-14-26-24(28)20-12-13-21(19(9-5-2)23(20)27)32-16-18-11-10-17(25(29)30)15-22(18)31-3/h10-13,15,27H,4-9,14,16H2,1-3H3,(H,26,28)(H,29,30). The molecule has 2 rings (SSSR count). The van der Waals surface area contributed by atoms with E-state index in [1.165, 1.54) is 19.2 Å². The Bertz CT molecular complexity index is 925. The van der Waals surface area contributed by atoms with E-state index < -0.39 is 5.97 Å². The van der Waals surface area contributed by atoms with E-state index in [1.807, 2.05) is 6.92 Å². The molecule has 0 spiro atoms. The van der Waals surface area contributed by atoms with Gasteiger partial charge >= 0.3 is 5.97 Å². The SMILES string of the molecule is CCCCCCNC(=O)c1ccc(OCc2ccc(C(=O)O)cc2OC)c(CCC)c1O. The van der Waals surface area contributed by atoms with Crippen molar-refractivity contribution in [3.63, 3.8) is 0 Å². The van der Waals surface area contributed by atoms with Gasteiger partial charge in [0.25, 0.3) is 5.91 Å². The fourth-order valence-corrected chi connectivity index (χ4v) is 3.43. The Labute approximate surface area is 189 Å². The molecule has 7 nitrogen and oxygen atoms in total. The van der Waals surface area contributed by atoms with Gasteiger partial charge in [0.15, 0.2) is 0 Å². The van der Waals surface area contributed by atoms with Crippen molar-refractivity contribution in [3.8, 4) is 17.2 Å². The molecule has 0 saturated carbocycles. The smallest absolute Gasteiger partial charge is 0.335 e. The summed E-state index contributed by atoms with van der Waals surface area (Å²) in [6.45, 7) is 4.82. The highest BCUT2D eigenvalue weighted by molar-refractivity contribution is 5.97. The number of methoxy groups -OCH3 is 1. The third-order valence-corrected chi connectivity index (χ3v) is 5.22. The van der Waals surface area contributed by atoms with Gasteiger partial charge in [-0.05, 0) is 37.1 Å². The second-order valence-corrected chi connectivity index (χ2v) is 7.63. The van der Waals surface area contributed by atoms with E-state index in [9.17, 15) is 14.7 Å². The number of aromatic hydroxyl groups is 1. The van der Waals surface area contributed by atoms with Crippen LogP contribution in [0.15, 0.2) is 30.3 Å². The number of phenolic OH excluding ortho intramolecular Hbond substituents is 1.